The highest BCUT2D eigenvalue weighted by molar-refractivity contribution is 9.10. The zero-order valence-corrected chi connectivity index (χ0v) is 13.5. The van der Waals surface area contributed by atoms with Crippen molar-refractivity contribution in [3.05, 3.63) is 76.5 Å². The Hall–Kier alpha value is -1.71. The summed E-state index contributed by atoms with van der Waals surface area (Å²) in [5, 5.41) is 5.89. The number of rotatable bonds is 4. The van der Waals surface area contributed by atoms with Gasteiger partial charge in [-0.1, -0.05) is 46.3 Å². The Morgan fingerprint density at radius 2 is 2.00 bits per heavy atom. The fourth-order valence-corrected chi connectivity index (χ4v) is 3.15. The number of hydrogen-bond acceptors (Lipinski definition) is 2. The minimum absolute atomic E-state index is 0.271. The monoisotopic (exact) mass is 340 g/mol. The summed E-state index contributed by atoms with van der Waals surface area (Å²) in [6.07, 6.45) is 4.74. The van der Waals surface area contributed by atoms with E-state index >= 15 is 0 Å². The topological polar surface area (TPSA) is 24.9 Å². The SMILES string of the molecule is CNC(Cc1cccc(Br)c1)c1cccc2ccncc12. The van der Waals surface area contributed by atoms with E-state index < -0.39 is 0 Å². The Kier molecular flexibility index (Phi) is 4.32. The lowest BCUT2D eigenvalue weighted by atomic mass is 9.95. The van der Waals surface area contributed by atoms with E-state index in [1.54, 1.807) is 0 Å². The highest BCUT2D eigenvalue weighted by Crippen LogP contribution is 2.26. The van der Waals surface area contributed by atoms with Crippen LogP contribution in [0.2, 0.25) is 0 Å². The lowest BCUT2D eigenvalue weighted by molar-refractivity contribution is 0.596. The molecule has 2 aromatic carbocycles. The van der Waals surface area contributed by atoms with Crippen molar-refractivity contribution in [2.45, 2.75) is 12.5 Å². The lowest BCUT2D eigenvalue weighted by Gasteiger charge is -2.19. The molecule has 0 saturated carbocycles. The average Bonchev–Trinajstić information content (AvgIpc) is 2.52. The number of nitrogens with one attached hydrogen (secondary N) is 1. The predicted molar refractivity (Wildman–Crippen MR) is 91.4 cm³/mol. The van der Waals surface area contributed by atoms with Crippen molar-refractivity contribution in [1.29, 1.82) is 0 Å². The summed E-state index contributed by atoms with van der Waals surface area (Å²) >= 11 is 3.54. The number of pyridine rings is 1. The third kappa shape index (κ3) is 3.14. The molecule has 0 spiro atoms. The van der Waals surface area contributed by atoms with Crippen molar-refractivity contribution < 1.29 is 0 Å². The van der Waals surface area contributed by atoms with Crippen molar-refractivity contribution in [1.82, 2.24) is 10.3 Å². The van der Waals surface area contributed by atoms with E-state index in [2.05, 4.69) is 74.8 Å². The van der Waals surface area contributed by atoms with Crippen molar-refractivity contribution in [3.8, 4) is 0 Å². The molecule has 1 heterocycles. The molecule has 21 heavy (non-hydrogen) atoms. The largest absolute Gasteiger partial charge is 0.313 e. The van der Waals surface area contributed by atoms with Crippen LogP contribution < -0.4 is 5.32 Å². The minimum Gasteiger partial charge on any atom is -0.313 e. The first-order valence-electron chi connectivity index (χ1n) is 7.02. The molecule has 1 N–H and O–H groups in total. The van der Waals surface area contributed by atoms with Gasteiger partial charge in [0.25, 0.3) is 0 Å². The summed E-state index contributed by atoms with van der Waals surface area (Å²) in [6, 6.07) is 17.2. The van der Waals surface area contributed by atoms with E-state index in [9.17, 15) is 0 Å². The fourth-order valence-electron chi connectivity index (χ4n) is 2.71. The molecule has 0 fully saturated rings. The Morgan fingerprint density at radius 1 is 1.14 bits per heavy atom. The molecule has 0 amide bonds. The Bertz CT molecular complexity index is 750. The second kappa shape index (κ2) is 6.37. The summed E-state index contributed by atoms with van der Waals surface area (Å²) in [4.78, 5) is 4.28. The molecule has 3 heteroatoms. The van der Waals surface area contributed by atoms with Gasteiger partial charge in [-0.15, -0.1) is 0 Å². The van der Waals surface area contributed by atoms with Gasteiger partial charge in [0.15, 0.2) is 0 Å². The van der Waals surface area contributed by atoms with E-state index in [-0.39, 0.29) is 6.04 Å². The summed E-state index contributed by atoms with van der Waals surface area (Å²) in [7, 11) is 2.01. The number of benzene rings is 2. The van der Waals surface area contributed by atoms with Crippen LogP contribution in [-0.2, 0) is 6.42 Å². The van der Waals surface area contributed by atoms with Crippen LogP contribution in [-0.4, -0.2) is 12.0 Å². The van der Waals surface area contributed by atoms with Crippen LogP contribution in [0.4, 0.5) is 0 Å². The number of hydrogen-bond donors (Lipinski definition) is 1. The smallest absolute Gasteiger partial charge is 0.0365 e. The van der Waals surface area contributed by atoms with Gasteiger partial charge in [-0.2, -0.15) is 0 Å². The fraction of sp³-hybridized carbons (Fsp3) is 0.167. The number of likely N-dealkylation sites (N-methyl/N-ethyl adjacent to an activating group) is 1. The number of fused-ring (bicyclic) bond motifs is 1. The van der Waals surface area contributed by atoms with Crippen molar-refractivity contribution >= 4 is 26.7 Å². The molecule has 0 aliphatic heterocycles. The Morgan fingerprint density at radius 3 is 2.81 bits per heavy atom. The van der Waals surface area contributed by atoms with Crippen LogP contribution in [0, 0.1) is 0 Å². The second-order valence-corrected chi connectivity index (χ2v) is 6.04. The van der Waals surface area contributed by atoms with Crippen molar-refractivity contribution in [2.75, 3.05) is 7.05 Å². The zero-order chi connectivity index (χ0) is 14.7. The van der Waals surface area contributed by atoms with Gasteiger partial charge in [0.1, 0.15) is 0 Å². The van der Waals surface area contributed by atoms with Crippen molar-refractivity contribution in [3.63, 3.8) is 0 Å². The highest BCUT2D eigenvalue weighted by atomic mass is 79.9. The van der Waals surface area contributed by atoms with Gasteiger partial charge in [-0.25, -0.2) is 0 Å². The first kappa shape index (κ1) is 14.2. The molecule has 3 rings (SSSR count). The third-order valence-electron chi connectivity index (χ3n) is 3.77. The van der Waals surface area contributed by atoms with Crippen LogP contribution in [0.5, 0.6) is 0 Å². The molecule has 0 aliphatic rings. The first-order valence-corrected chi connectivity index (χ1v) is 7.81. The summed E-state index contributed by atoms with van der Waals surface area (Å²) in [5.74, 6) is 0. The maximum absolute atomic E-state index is 4.28. The summed E-state index contributed by atoms with van der Waals surface area (Å²) < 4.78 is 1.12. The van der Waals surface area contributed by atoms with Gasteiger partial charge in [0, 0.05) is 28.3 Å². The van der Waals surface area contributed by atoms with Gasteiger partial charge < -0.3 is 5.32 Å². The van der Waals surface area contributed by atoms with Crippen molar-refractivity contribution in [2.24, 2.45) is 0 Å². The van der Waals surface area contributed by atoms with Crippen LogP contribution in [0.15, 0.2) is 65.4 Å². The quantitative estimate of drug-likeness (QED) is 0.756. The maximum Gasteiger partial charge on any atom is 0.0365 e. The molecule has 0 aliphatic carbocycles. The first-order chi connectivity index (χ1) is 10.3. The predicted octanol–water partition coefficient (Wildman–Crippen LogP) is 4.50. The molecule has 0 saturated heterocycles. The Balaban J connectivity index is 1.98. The maximum atomic E-state index is 4.28. The molecular formula is C18H17BrN2. The van der Waals surface area contributed by atoms with Crippen LogP contribution >= 0.6 is 15.9 Å². The van der Waals surface area contributed by atoms with E-state index in [0.717, 1.165) is 10.9 Å². The van der Waals surface area contributed by atoms with Gasteiger partial charge in [-0.3, -0.25) is 4.98 Å². The third-order valence-corrected chi connectivity index (χ3v) is 4.26. The molecule has 106 valence electrons. The summed E-state index contributed by atoms with van der Waals surface area (Å²) in [5.41, 5.74) is 2.60. The normalized spacial score (nSPS) is 12.5. The second-order valence-electron chi connectivity index (χ2n) is 5.12. The zero-order valence-electron chi connectivity index (χ0n) is 11.9. The molecular weight excluding hydrogens is 324 g/mol. The number of halogens is 1. The van der Waals surface area contributed by atoms with E-state index in [1.807, 2.05) is 19.4 Å². The van der Waals surface area contributed by atoms with Crippen LogP contribution in [0.1, 0.15) is 17.2 Å². The van der Waals surface area contributed by atoms with E-state index in [1.165, 1.54) is 21.9 Å². The molecule has 1 unspecified atom stereocenters. The van der Waals surface area contributed by atoms with Crippen LogP contribution in [0.25, 0.3) is 10.8 Å². The molecule has 3 aromatic rings. The average molecular weight is 341 g/mol. The molecule has 0 radical (unpaired) electrons. The Labute approximate surface area is 133 Å². The van der Waals surface area contributed by atoms with E-state index in [4.69, 9.17) is 0 Å². The minimum atomic E-state index is 0.271. The lowest BCUT2D eigenvalue weighted by Crippen LogP contribution is -2.19. The molecule has 2 nitrogen and oxygen atoms in total. The van der Waals surface area contributed by atoms with Gasteiger partial charge in [0.05, 0.1) is 0 Å². The molecule has 1 aromatic heterocycles. The molecule has 1 atom stereocenters. The van der Waals surface area contributed by atoms with Gasteiger partial charge in [0.2, 0.25) is 0 Å². The number of nitrogens with zero attached hydrogens (tertiary/aromatic N) is 1. The van der Waals surface area contributed by atoms with Gasteiger partial charge >= 0.3 is 0 Å². The summed E-state index contributed by atoms with van der Waals surface area (Å²) in [6.45, 7) is 0. The van der Waals surface area contributed by atoms with E-state index in [0.29, 0.717) is 0 Å². The van der Waals surface area contributed by atoms with Gasteiger partial charge in [-0.05, 0) is 48.2 Å². The van der Waals surface area contributed by atoms with Crippen LogP contribution in [0.3, 0.4) is 0 Å². The number of aromatic nitrogens is 1. The standard InChI is InChI=1S/C18H17BrN2/c1-20-18(11-13-4-2-6-15(19)10-13)16-7-3-5-14-8-9-21-12-17(14)16/h2-10,12,18,20H,11H2,1H3. The highest BCUT2D eigenvalue weighted by Gasteiger charge is 2.13. The molecule has 0 bridgehead atoms.